The highest BCUT2D eigenvalue weighted by atomic mass is 32.1. The molecule has 1 saturated heterocycles. The van der Waals surface area contributed by atoms with Crippen LogP contribution in [0.5, 0.6) is 0 Å². The van der Waals surface area contributed by atoms with E-state index in [0.29, 0.717) is 6.42 Å². The van der Waals surface area contributed by atoms with Crippen LogP contribution in [0.2, 0.25) is 0 Å². The van der Waals surface area contributed by atoms with Gasteiger partial charge in [0.05, 0.1) is 12.1 Å². The summed E-state index contributed by atoms with van der Waals surface area (Å²) in [5.74, 6) is 0.725. The molecule has 0 aromatic carbocycles. The molecular weight excluding hydrogens is 248 g/mol. The first-order chi connectivity index (χ1) is 8.56. The molecular formula is C13H20N2O2S. The summed E-state index contributed by atoms with van der Waals surface area (Å²) in [6.45, 7) is 6.71. The van der Waals surface area contributed by atoms with E-state index >= 15 is 0 Å². The molecule has 1 atom stereocenters. The van der Waals surface area contributed by atoms with Gasteiger partial charge >= 0.3 is 5.97 Å². The van der Waals surface area contributed by atoms with Crippen molar-refractivity contribution in [1.82, 2.24) is 4.98 Å². The van der Waals surface area contributed by atoms with Crippen molar-refractivity contribution in [2.24, 2.45) is 11.8 Å². The maximum absolute atomic E-state index is 10.5. The number of carboxylic acids is 1. The minimum absolute atomic E-state index is 0.164. The van der Waals surface area contributed by atoms with Crippen LogP contribution in [-0.2, 0) is 11.2 Å². The van der Waals surface area contributed by atoms with Crippen LogP contribution in [-0.4, -0.2) is 29.1 Å². The number of thiazole rings is 1. The Morgan fingerprint density at radius 2 is 2.44 bits per heavy atom. The number of hydrogen-bond acceptors (Lipinski definition) is 4. The third-order valence-electron chi connectivity index (χ3n) is 3.57. The Labute approximate surface area is 112 Å². The first-order valence-corrected chi connectivity index (χ1v) is 7.35. The lowest BCUT2D eigenvalue weighted by atomic mass is 9.95. The smallest absolute Gasteiger partial charge is 0.303 e. The van der Waals surface area contributed by atoms with Gasteiger partial charge in [-0.05, 0) is 18.3 Å². The van der Waals surface area contributed by atoms with E-state index in [0.717, 1.165) is 35.8 Å². The summed E-state index contributed by atoms with van der Waals surface area (Å²) in [7, 11) is 0. The number of carbonyl (C=O) groups is 1. The fraction of sp³-hybridized carbons (Fsp3) is 0.692. The Balaban J connectivity index is 1.92. The van der Waals surface area contributed by atoms with Gasteiger partial charge in [0.2, 0.25) is 0 Å². The Kier molecular flexibility index (Phi) is 4.22. The van der Waals surface area contributed by atoms with E-state index in [-0.39, 0.29) is 6.42 Å². The van der Waals surface area contributed by atoms with E-state index in [4.69, 9.17) is 5.11 Å². The van der Waals surface area contributed by atoms with Crippen LogP contribution in [0, 0.1) is 11.8 Å². The van der Waals surface area contributed by atoms with Gasteiger partial charge in [-0.1, -0.05) is 13.8 Å². The van der Waals surface area contributed by atoms with E-state index in [1.807, 2.05) is 5.38 Å². The van der Waals surface area contributed by atoms with E-state index in [9.17, 15) is 4.79 Å². The van der Waals surface area contributed by atoms with Crippen molar-refractivity contribution in [3.8, 4) is 0 Å². The molecule has 4 nitrogen and oxygen atoms in total. The predicted molar refractivity (Wildman–Crippen MR) is 73.2 cm³/mol. The molecule has 1 fully saturated rings. The van der Waals surface area contributed by atoms with Crippen LogP contribution in [0.25, 0.3) is 0 Å². The molecule has 0 saturated carbocycles. The molecule has 18 heavy (non-hydrogen) atoms. The monoisotopic (exact) mass is 268 g/mol. The van der Waals surface area contributed by atoms with Gasteiger partial charge in [-0.3, -0.25) is 4.79 Å². The summed E-state index contributed by atoms with van der Waals surface area (Å²) >= 11 is 1.63. The van der Waals surface area contributed by atoms with Gasteiger partial charge in [-0.2, -0.15) is 0 Å². The fourth-order valence-corrected chi connectivity index (χ4v) is 3.19. The maximum Gasteiger partial charge on any atom is 0.303 e. The molecule has 1 aromatic heterocycles. The van der Waals surface area contributed by atoms with Crippen LogP contribution in [0.4, 0.5) is 5.13 Å². The molecule has 0 amide bonds. The SMILES string of the molecule is CC(C)C1CCN(c2nc(CCC(=O)O)cs2)C1. The van der Waals surface area contributed by atoms with E-state index < -0.39 is 5.97 Å². The third-order valence-corrected chi connectivity index (χ3v) is 4.52. The molecule has 1 N–H and O–H groups in total. The number of rotatable bonds is 5. The quantitative estimate of drug-likeness (QED) is 0.892. The van der Waals surface area contributed by atoms with Gasteiger partial charge in [0.15, 0.2) is 5.13 Å². The fourth-order valence-electron chi connectivity index (χ4n) is 2.30. The largest absolute Gasteiger partial charge is 0.481 e. The number of hydrogen-bond donors (Lipinski definition) is 1. The molecule has 100 valence electrons. The average molecular weight is 268 g/mol. The van der Waals surface area contributed by atoms with Crippen molar-refractivity contribution < 1.29 is 9.90 Å². The molecule has 1 aliphatic rings. The van der Waals surface area contributed by atoms with Crippen molar-refractivity contribution >= 4 is 22.4 Å². The number of aliphatic carboxylic acids is 1. The molecule has 1 aromatic rings. The van der Waals surface area contributed by atoms with Crippen LogP contribution in [0.15, 0.2) is 5.38 Å². The normalized spacial score (nSPS) is 19.7. The predicted octanol–water partition coefficient (Wildman–Crippen LogP) is 2.64. The van der Waals surface area contributed by atoms with Gasteiger partial charge in [-0.15, -0.1) is 11.3 Å². The first-order valence-electron chi connectivity index (χ1n) is 6.47. The molecule has 1 aliphatic heterocycles. The second-order valence-electron chi connectivity index (χ2n) is 5.25. The highest BCUT2D eigenvalue weighted by molar-refractivity contribution is 7.13. The van der Waals surface area contributed by atoms with Gasteiger partial charge in [0.1, 0.15) is 0 Å². The standard InChI is InChI=1S/C13H20N2O2S/c1-9(2)10-5-6-15(7-10)13-14-11(8-18-13)3-4-12(16)17/h8-10H,3-7H2,1-2H3,(H,16,17). The maximum atomic E-state index is 10.5. The van der Waals surface area contributed by atoms with Crippen molar-refractivity contribution in [2.75, 3.05) is 18.0 Å². The van der Waals surface area contributed by atoms with Crippen molar-refractivity contribution in [2.45, 2.75) is 33.1 Å². The summed E-state index contributed by atoms with van der Waals surface area (Å²) in [6.07, 6.45) is 1.94. The van der Waals surface area contributed by atoms with E-state index in [1.54, 1.807) is 11.3 Å². The lowest BCUT2D eigenvalue weighted by Crippen LogP contribution is -2.21. The molecule has 5 heteroatoms. The van der Waals surface area contributed by atoms with Crippen LogP contribution < -0.4 is 4.90 Å². The zero-order valence-electron chi connectivity index (χ0n) is 10.9. The Morgan fingerprint density at radius 3 is 3.06 bits per heavy atom. The van der Waals surface area contributed by atoms with Gasteiger partial charge in [0, 0.05) is 24.9 Å². The van der Waals surface area contributed by atoms with Crippen molar-refractivity contribution in [3.05, 3.63) is 11.1 Å². The zero-order chi connectivity index (χ0) is 13.1. The lowest BCUT2D eigenvalue weighted by Gasteiger charge is -2.16. The molecule has 0 spiro atoms. The Hall–Kier alpha value is -1.10. The highest BCUT2D eigenvalue weighted by Gasteiger charge is 2.26. The second kappa shape index (κ2) is 5.69. The van der Waals surface area contributed by atoms with Gasteiger partial charge < -0.3 is 10.0 Å². The molecule has 2 rings (SSSR count). The first kappa shape index (κ1) is 13.3. The van der Waals surface area contributed by atoms with Crippen molar-refractivity contribution in [1.29, 1.82) is 0 Å². The summed E-state index contributed by atoms with van der Waals surface area (Å²) in [4.78, 5) is 17.4. The highest BCUT2D eigenvalue weighted by Crippen LogP contribution is 2.30. The lowest BCUT2D eigenvalue weighted by molar-refractivity contribution is -0.136. The molecule has 0 radical (unpaired) electrons. The molecule has 1 unspecified atom stereocenters. The number of carboxylic acid groups (broad SMARTS) is 1. The van der Waals surface area contributed by atoms with Crippen LogP contribution >= 0.6 is 11.3 Å². The number of aromatic nitrogens is 1. The van der Waals surface area contributed by atoms with E-state index in [2.05, 4.69) is 23.7 Å². The summed E-state index contributed by atoms with van der Waals surface area (Å²) in [6, 6.07) is 0. The summed E-state index contributed by atoms with van der Waals surface area (Å²) in [5, 5.41) is 11.7. The number of nitrogens with zero attached hydrogens (tertiary/aromatic N) is 2. The average Bonchev–Trinajstić information content (AvgIpc) is 2.95. The third kappa shape index (κ3) is 3.22. The zero-order valence-corrected chi connectivity index (χ0v) is 11.7. The summed E-state index contributed by atoms with van der Waals surface area (Å²) < 4.78 is 0. The molecule has 0 bridgehead atoms. The van der Waals surface area contributed by atoms with E-state index in [1.165, 1.54) is 6.42 Å². The molecule has 0 aliphatic carbocycles. The van der Waals surface area contributed by atoms with Crippen LogP contribution in [0.3, 0.4) is 0 Å². The minimum Gasteiger partial charge on any atom is -0.481 e. The Morgan fingerprint density at radius 1 is 1.67 bits per heavy atom. The van der Waals surface area contributed by atoms with Gasteiger partial charge in [0.25, 0.3) is 0 Å². The minimum atomic E-state index is -0.759. The van der Waals surface area contributed by atoms with Crippen molar-refractivity contribution in [3.63, 3.8) is 0 Å². The second-order valence-corrected chi connectivity index (χ2v) is 6.09. The number of anilines is 1. The molecule has 2 heterocycles. The van der Waals surface area contributed by atoms with Gasteiger partial charge in [-0.25, -0.2) is 4.98 Å². The topological polar surface area (TPSA) is 53.4 Å². The number of aryl methyl sites for hydroxylation is 1. The van der Waals surface area contributed by atoms with Crippen LogP contribution in [0.1, 0.15) is 32.4 Å². The summed E-state index contributed by atoms with van der Waals surface area (Å²) in [5.41, 5.74) is 0.908. The Bertz CT molecular complexity index is 417.